The Balaban J connectivity index is 2.24. The molecule has 5 amide bonds. The van der Waals surface area contributed by atoms with Crippen molar-refractivity contribution in [2.45, 2.75) is 13.3 Å². The van der Waals surface area contributed by atoms with E-state index in [4.69, 9.17) is 4.74 Å². The Morgan fingerprint density at radius 2 is 1.57 bits per heavy atom. The quantitative estimate of drug-likeness (QED) is 0.255. The highest BCUT2D eigenvalue weighted by Gasteiger charge is 2.32. The Morgan fingerprint density at radius 1 is 0.964 bits per heavy atom. The van der Waals surface area contributed by atoms with E-state index in [1.807, 2.05) is 0 Å². The standard InChI is InChI=1S/C16H25N5O7/c1-11(22)19-6-12(23)18-4-3-5-28-16(27)10-21-9-14(25)20(8-15(21)26)7-13(24)17-2/h3-10H2,1-2H3,(H,17,24)(H,18,23)(H,19,22). The van der Waals surface area contributed by atoms with Crippen molar-refractivity contribution < 1.29 is 33.5 Å². The van der Waals surface area contributed by atoms with Gasteiger partial charge in [0.05, 0.1) is 13.2 Å². The summed E-state index contributed by atoms with van der Waals surface area (Å²) >= 11 is 0. The molecular weight excluding hydrogens is 374 g/mol. The summed E-state index contributed by atoms with van der Waals surface area (Å²) in [6.45, 7) is 0.285. The van der Waals surface area contributed by atoms with Crippen LogP contribution in [0.15, 0.2) is 0 Å². The third kappa shape index (κ3) is 8.47. The van der Waals surface area contributed by atoms with Crippen LogP contribution in [0, 0.1) is 0 Å². The number of piperazine rings is 1. The Bertz CT molecular complexity index is 637. The number of hydrogen-bond donors (Lipinski definition) is 3. The molecule has 0 aromatic rings. The van der Waals surface area contributed by atoms with Crippen LogP contribution in [-0.4, -0.2) is 98.2 Å². The number of carbonyl (C=O) groups excluding carboxylic acids is 6. The van der Waals surface area contributed by atoms with E-state index in [0.717, 1.165) is 9.80 Å². The first-order chi connectivity index (χ1) is 13.2. The first-order valence-electron chi connectivity index (χ1n) is 8.65. The Labute approximate surface area is 161 Å². The molecule has 0 aliphatic carbocycles. The molecule has 12 heteroatoms. The normalized spacial score (nSPS) is 13.8. The SMILES string of the molecule is CNC(=O)CN1CC(=O)N(CC(=O)OCCCNC(=O)CNC(C)=O)CC1=O. The molecule has 1 saturated heterocycles. The van der Waals surface area contributed by atoms with Crippen LogP contribution in [0.25, 0.3) is 0 Å². The molecule has 0 unspecified atom stereocenters. The van der Waals surface area contributed by atoms with Crippen LogP contribution in [-0.2, 0) is 33.5 Å². The van der Waals surface area contributed by atoms with Gasteiger partial charge in [-0.15, -0.1) is 0 Å². The van der Waals surface area contributed by atoms with E-state index < -0.39 is 23.7 Å². The highest BCUT2D eigenvalue weighted by molar-refractivity contribution is 5.96. The summed E-state index contributed by atoms with van der Waals surface area (Å²) in [6, 6.07) is 0. The van der Waals surface area contributed by atoms with Crippen LogP contribution in [0.3, 0.4) is 0 Å². The zero-order valence-electron chi connectivity index (χ0n) is 15.9. The average Bonchev–Trinajstić information content (AvgIpc) is 2.63. The van der Waals surface area contributed by atoms with E-state index >= 15 is 0 Å². The largest absolute Gasteiger partial charge is 0.464 e. The summed E-state index contributed by atoms with van der Waals surface area (Å²) in [5.74, 6) is -2.63. The fourth-order valence-corrected chi connectivity index (χ4v) is 2.20. The minimum atomic E-state index is -0.675. The molecule has 1 fully saturated rings. The molecule has 3 N–H and O–H groups in total. The van der Waals surface area contributed by atoms with Gasteiger partial charge in [-0.05, 0) is 6.42 Å². The summed E-state index contributed by atoms with van der Waals surface area (Å²) in [6.07, 6.45) is 0.352. The molecule has 0 aromatic heterocycles. The lowest BCUT2D eigenvalue weighted by Crippen LogP contribution is -2.56. The van der Waals surface area contributed by atoms with Crippen molar-refractivity contribution in [1.29, 1.82) is 0 Å². The van der Waals surface area contributed by atoms with Crippen molar-refractivity contribution in [2.24, 2.45) is 0 Å². The van der Waals surface area contributed by atoms with Gasteiger partial charge in [0.1, 0.15) is 26.2 Å². The molecule has 28 heavy (non-hydrogen) atoms. The number of amides is 5. The summed E-state index contributed by atoms with van der Waals surface area (Å²) in [7, 11) is 1.43. The lowest BCUT2D eigenvalue weighted by Gasteiger charge is -2.32. The Morgan fingerprint density at radius 3 is 2.14 bits per heavy atom. The molecule has 1 heterocycles. The van der Waals surface area contributed by atoms with Crippen LogP contribution in [0.1, 0.15) is 13.3 Å². The molecular formula is C16H25N5O7. The predicted molar refractivity (Wildman–Crippen MR) is 94.5 cm³/mol. The van der Waals surface area contributed by atoms with Crippen molar-refractivity contribution in [1.82, 2.24) is 25.8 Å². The zero-order valence-corrected chi connectivity index (χ0v) is 15.9. The Hall–Kier alpha value is -3.18. The fourth-order valence-electron chi connectivity index (χ4n) is 2.20. The molecule has 156 valence electrons. The first kappa shape index (κ1) is 22.9. The maximum atomic E-state index is 12.0. The maximum absolute atomic E-state index is 12.0. The summed E-state index contributed by atoms with van der Waals surface area (Å²) in [5, 5.41) is 7.25. The van der Waals surface area contributed by atoms with Crippen molar-refractivity contribution in [3.63, 3.8) is 0 Å². The fraction of sp³-hybridized carbons (Fsp3) is 0.625. The van der Waals surface area contributed by atoms with Gasteiger partial charge in [0, 0.05) is 20.5 Å². The molecule has 0 bridgehead atoms. The van der Waals surface area contributed by atoms with Crippen molar-refractivity contribution in [3.05, 3.63) is 0 Å². The maximum Gasteiger partial charge on any atom is 0.325 e. The third-order valence-electron chi connectivity index (χ3n) is 3.70. The second-order valence-electron chi connectivity index (χ2n) is 6.01. The number of nitrogens with one attached hydrogen (secondary N) is 3. The number of likely N-dealkylation sites (N-methyl/N-ethyl adjacent to an activating group) is 1. The van der Waals surface area contributed by atoms with Gasteiger partial charge in [-0.25, -0.2) is 0 Å². The lowest BCUT2D eigenvalue weighted by molar-refractivity contribution is -0.157. The topological polar surface area (TPSA) is 154 Å². The highest BCUT2D eigenvalue weighted by atomic mass is 16.5. The monoisotopic (exact) mass is 399 g/mol. The zero-order chi connectivity index (χ0) is 21.1. The lowest BCUT2D eigenvalue weighted by atomic mass is 10.3. The third-order valence-corrected chi connectivity index (χ3v) is 3.70. The van der Waals surface area contributed by atoms with E-state index in [-0.39, 0.29) is 57.7 Å². The summed E-state index contributed by atoms with van der Waals surface area (Å²) in [4.78, 5) is 71.3. The van der Waals surface area contributed by atoms with Crippen molar-refractivity contribution in [3.8, 4) is 0 Å². The smallest absolute Gasteiger partial charge is 0.325 e. The molecule has 0 radical (unpaired) electrons. The molecule has 1 aliphatic rings. The molecule has 1 rings (SSSR count). The number of hydrogen-bond acceptors (Lipinski definition) is 7. The van der Waals surface area contributed by atoms with E-state index in [1.165, 1.54) is 14.0 Å². The first-order valence-corrected chi connectivity index (χ1v) is 8.65. The molecule has 0 spiro atoms. The molecule has 0 aromatic carbocycles. The van der Waals surface area contributed by atoms with E-state index in [1.54, 1.807) is 0 Å². The van der Waals surface area contributed by atoms with Gasteiger partial charge in [0.2, 0.25) is 29.5 Å². The average molecular weight is 399 g/mol. The number of nitrogens with zero attached hydrogens (tertiary/aromatic N) is 2. The van der Waals surface area contributed by atoms with Crippen LogP contribution < -0.4 is 16.0 Å². The van der Waals surface area contributed by atoms with Gasteiger partial charge >= 0.3 is 5.97 Å². The highest BCUT2D eigenvalue weighted by Crippen LogP contribution is 2.05. The van der Waals surface area contributed by atoms with Gasteiger partial charge < -0.3 is 30.5 Å². The molecule has 0 saturated carbocycles. The predicted octanol–water partition coefficient (Wildman–Crippen LogP) is -3.41. The molecule has 1 aliphatic heterocycles. The minimum Gasteiger partial charge on any atom is -0.464 e. The van der Waals surface area contributed by atoms with Gasteiger partial charge in [-0.2, -0.15) is 0 Å². The second kappa shape index (κ2) is 11.5. The van der Waals surface area contributed by atoms with Crippen molar-refractivity contribution in [2.75, 3.05) is 52.9 Å². The van der Waals surface area contributed by atoms with E-state index in [0.29, 0.717) is 6.42 Å². The summed E-state index contributed by atoms with van der Waals surface area (Å²) < 4.78 is 4.97. The summed E-state index contributed by atoms with van der Waals surface area (Å²) in [5.41, 5.74) is 0. The van der Waals surface area contributed by atoms with Crippen LogP contribution >= 0.6 is 0 Å². The van der Waals surface area contributed by atoms with E-state index in [2.05, 4.69) is 16.0 Å². The second-order valence-corrected chi connectivity index (χ2v) is 6.01. The van der Waals surface area contributed by atoms with Crippen LogP contribution in [0.5, 0.6) is 0 Å². The number of rotatable bonds is 10. The number of ether oxygens (including phenoxy) is 1. The minimum absolute atomic E-state index is 0.0258. The number of esters is 1. The molecule has 0 atom stereocenters. The van der Waals surface area contributed by atoms with Gasteiger partial charge in [0.25, 0.3) is 0 Å². The van der Waals surface area contributed by atoms with Crippen LogP contribution in [0.4, 0.5) is 0 Å². The Kier molecular flexibility index (Phi) is 9.40. The van der Waals surface area contributed by atoms with E-state index in [9.17, 15) is 28.8 Å². The molecule has 12 nitrogen and oxygen atoms in total. The van der Waals surface area contributed by atoms with Crippen molar-refractivity contribution >= 4 is 35.5 Å². The van der Waals surface area contributed by atoms with Gasteiger partial charge in [-0.3, -0.25) is 28.8 Å². The van der Waals surface area contributed by atoms with Gasteiger partial charge in [0.15, 0.2) is 0 Å². The van der Waals surface area contributed by atoms with Gasteiger partial charge in [-0.1, -0.05) is 0 Å². The van der Waals surface area contributed by atoms with Crippen LogP contribution in [0.2, 0.25) is 0 Å². The number of carbonyl (C=O) groups is 6.